The second-order valence-corrected chi connectivity index (χ2v) is 8.55. The van der Waals surface area contributed by atoms with E-state index in [9.17, 15) is 4.79 Å². The largest absolute Gasteiger partial charge is 0.503 e. The summed E-state index contributed by atoms with van der Waals surface area (Å²) in [5, 5.41) is 0.817. The Kier molecular flexibility index (Phi) is 9.12. The lowest BCUT2D eigenvalue weighted by atomic mass is 9.90. The molecule has 172 valence electrons. The van der Waals surface area contributed by atoms with Crippen LogP contribution in [-0.2, 0) is 20.9 Å². The zero-order chi connectivity index (χ0) is 22.9. The Morgan fingerprint density at radius 2 is 1.72 bits per heavy atom. The van der Waals surface area contributed by atoms with Crippen molar-refractivity contribution in [1.29, 1.82) is 0 Å². The van der Waals surface area contributed by atoms with Gasteiger partial charge in [-0.15, -0.1) is 0 Å². The first kappa shape index (κ1) is 24.3. The molecular weight excluding hydrogens is 451 g/mol. The van der Waals surface area contributed by atoms with Crippen molar-refractivity contribution >= 4 is 34.7 Å². The van der Waals surface area contributed by atoms with Crippen LogP contribution in [0.2, 0.25) is 10.0 Å². The molecule has 0 saturated heterocycles. The molecule has 0 bridgehead atoms. The highest BCUT2D eigenvalue weighted by atomic mass is 35.5. The van der Waals surface area contributed by atoms with Crippen molar-refractivity contribution in [2.75, 3.05) is 20.8 Å². The topological polar surface area (TPSA) is 54.0 Å². The lowest BCUT2D eigenvalue weighted by molar-refractivity contribution is -0.133. The predicted octanol–water partition coefficient (Wildman–Crippen LogP) is 6.69. The fourth-order valence-corrected chi connectivity index (χ4v) is 4.41. The summed E-state index contributed by atoms with van der Waals surface area (Å²) < 4.78 is 21.8. The Labute approximate surface area is 199 Å². The molecule has 1 aliphatic carbocycles. The van der Waals surface area contributed by atoms with E-state index in [0.29, 0.717) is 45.2 Å². The molecule has 0 N–H and O–H groups in total. The van der Waals surface area contributed by atoms with E-state index in [1.54, 1.807) is 12.1 Å². The molecule has 0 amide bonds. The first-order valence-electron chi connectivity index (χ1n) is 10.7. The van der Waals surface area contributed by atoms with Crippen molar-refractivity contribution in [3.63, 3.8) is 0 Å². The summed E-state index contributed by atoms with van der Waals surface area (Å²) in [6, 6.07) is 10.8. The quantitative estimate of drug-likeness (QED) is 0.228. The molecule has 2 aromatic rings. The number of ether oxygens (including phenoxy) is 4. The molecule has 0 aromatic heterocycles. The number of rotatable bonds is 9. The molecule has 1 fully saturated rings. The average molecular weight is 479 g/mol. The molecule has 2 aromatic carbocycles. The minimum Gasteiger partial charge on any atom is -0.503 e. The number of methoxy groups -OCH3 is 2. The highest BCUT2D eigenvalue weighted by molar-refractivity contribution is 6.37. The van der Waals surface area contributed by atoms with Crippen molar-refractivity contribution in [1.82, 2.24) is 0 Å². The summed E-state index contributed by atoms with van der Waals surface area (Å²) in [7, 11) is 2.80. The van der Waals surface area contributed by atoms with Crippen LogP contribution < -0.4 is 9.47 Å². The molecule has 0 spiro atoms. The lowest BCUT2D eigenvalue weighted by Crippen LogP contribution is -2.15. The van der Waals surface area contributed by atoms with E-state index in [-0.39, 0.29) is 6.61 Å². The van der Waals surface area contributed by atoms with Crippen molar-refractivity contribution in [3.05, 3.63) is 63.8 Å². The zero-order valence-corrected chi connectivity index (χ0v) is 19.9. The Morgan fingerprint density at radius 1 is 1.03 bits per heavy atom. The van der Waals surface area contributed by atoms with Gasteiger partial charge in [0.15, 0.2) is 5.75 Å². The third kappa shape index (κ3) is 6.33. The maximum atomic E-state index is 12.2. The van der Waals surface area contributed by atoms with Gasteiger partial charge in [-0.3, -0.25) is 0 Å². The number of halogens is 2. The van der Waals surface area contributed by atoms with E-state index >= 15 is 0 Å². The zero-order valence-electron chi connectivity index (χ0n) is 18.4. The number of benzene rings is 2. The van der Waals surface area contributed by atoms with Crippen LogP contribution in [0.25, 0.3) is 5.57 Å². The monoisotopic (exact) mass is 478 g/mol. The van der Waals surface area contributed by atoms with E-state index in [1.165, 1.54) is 52.6 Å². The van der Waals surface area contributed by atoms with Crippen molar-refractivity contribution in [2.45, 2.75) is 38.7 Å². The van der Waals surface area contributed by atoms with Gasteiger partial charge in [-0.25, -0.2) is 4.79 Å². The highest BCUT2D eigenvalue weighted by Crippen LogP contribution is 2.38. The van der Waals surface area contributed by atoms with Gasteiger partial charge >= 0.3 is 5.97 Å². The fraction of sp³-hybridized carbons (Fsp3) is 0.400. The highest BCUT2D eigenvalue weighted by Gasteiger charge is 2.19. The van der Waals surface area contributed by atoms with Gasteiger partial charge in [-0.05, 0) is 29.9 Å². The number of hydrogen-bond donors (Lipinski definition) is 0. The van der Waals surface area contributed by atoms with Gasteiger partial charge in [0.2, 0.25) is 0 Å². The van der Waals surface area contributed by atoms with Gasteiger partial charge in [-0.2, -0.15) is 0 Å². The number of hydrogen-bond acceptors (Lipinski definition) is 5. The summed E-state index contributed by atoms with van der Waals surface area (Å²) in [4.78, 5) is 12.2. The van der Waals surface area contributed by atoms with Crippen molar-refractivity contribution in [2.24, 2.45) is 5.92 Å². The van der Waals surface area contributed by atoms with Gasteiger partial charge in [-0.1, -0.05) is 66.7 Å². The molecule has 0 radical (unpaired) electrons. The maximum Gasteiger partial charge on any atom is 0.341 e. The van der Waals surface area contributed by atoms with Crippen molar-refractivity contribution < 1.29 is 23.7 Å². The molecule has 0 aliphatic heterocycles. The molecular formula is C25H28Cl2O5. The van der Waals surface area contributed by atoms with Gasteiger partial charge in [0.05, 0.1) is 37.1 Å². The van der Waals surface area contributed by atoms with E-state index in [2.05, 4.69) is 0 Å². The fourth-order valence-electron chi connectivity index (χ4n) is 3.83. The van der Waals surface area contributed by atoms with Gasteiger partial charge in [0.25, 0.3) is 0 Å². The smallest absolute Gasteiger partial charge is 0.341 e. The number of carbonyl (C=O) groups excluding carboxylic acids is 1. The van der Waals surface area contributed by atoms with Gasteiger partial charge < -0.3 is 18.9 Å². The van der Waals surface area contributed by atoms with Crippen LogP contribution in [0.4, 0.5) is 0 Å². The van der Waals surface area contributed by atoms with Crippen molar-refractivity contribution in [3.8, 4) is 11.5 Å². The van der Waals surface area contributed by atoms with Crippen LogP contribution in [0.15, 0.2) is 42.7 Å². The number of esters is 1. The first-order valence-corrected chi connectivity index (χ1v) is 11.4. The Balaban J connectivity index is 1.71. The molecule has 0 unspecified atom stereocenters. The average Bonchev–Trinajstić information content (AvgIpc) is 2.81. The van der Waals surface area contributed by atoms with Gasteiger partial charge in [0, 0.05) is 12.1 Å². The maximum absolute atomic E-state index is 12.2. The molecule has 3 rings (SSSR count). The van der Waals surface area contributed by atoms with Crippen LogP contribution in [-0.4, -0.2) is 26.8 Å². The van der Waals surface area contributed by atoms with E-state index < -0.39 is 5.97 Å². The molecule has 0 atom stereocenters. The molecule has 1 saturated carbocycles. The van der Waals surface area contributed by atoms with E-state index in [1.807, 2.05) is 24.3 Å². The predicted molar refractivity (Wildman–Crippen MR) is 126 cm³/mol. The molecule has 0 heterocycles. The second kappa shape index (κ2) is 12.0. The molecule has 1 aliphatic rings. The second-order valence-electron chi connectivity index (χ2n) is 7.74. The molecule has 7 heteroatoms. The van der Waals surface area contributed by atoms with Crippen LogP contribution >= 0.6 is 23.2 Å². The number of carbonyl (C=O) groups is 1. The summed E-state index contributed by atoms with van der Waals surface area (Å²) >= 11 is 12.9. The lowest BCUT2D eigenvalue weighted by Gasteiger charge is -2.22. The van der Waals surface area contributed by atoms with Gasteiger partial charge in [0.1, 0.15) is 17.9 Å². The van der Waals surface area contributed by atoms with E-state index in [0.717, 1.165) is 5.56 Å². The SMILES string of the molecule is CO/C=C(/C(=O)OC)c1ccccc1COc1cc(Cl)c(OCC2CCCCC2)c(Cl)c1. The van der Waals surface area contributed by atoms with Crippen LogP contribution in [0.1, 0.15) is 43.2 Å². The van der Waals surface area contributed by atoms with Crippen LogP contribution in [0.3, 0.4) is 0 Å². The Hall–Kier alpha value is -2.37. The van der Waals surface area contributed by atoms with E-state index in [4.69, 9.17) is 42.1 Å². The summed E-state index contributed by atoms with van der Waals surface area (Å²) in [6.07, 6.45) is 7.52. The Bertz CT molecular complexity index is 928. The minimum atomic E-state index is -0.496. The third-order valence-electron chi connectivity index (χ3n) is 5.50. The van der Waals surface area contributed by atoms with Crippen LogP contribution in [0, 0.1) is 5.92 Å². The standard InChI is InChI=1S/C25H28Cl2O5/c1-29-16-21(25(28)30-2)20-11-7-6-10-18(20)15-31-19-12-22(26)24(23(27)13-19)32-14-17-8-4-3-5-9-17/h6-7,10-13,16-17H,3-5,8-9,14-15H2,1-2H3/b21-16+. The van der Waals surface area contributed by atoms with Crippen LogP contribution in [0.5, 0.6) is 11.5 Å². The first-order chi connectivity index (χ1) is 15.5. The molecule has 32 heavy (non-hydrogen) atoms. The third-order valence-corrected chi connectivity index (χ3v) is 6.06. The summed E-state index contributed by atoms with van der Waals surface area (Å²) in [6.45, 7) is 0.818. The summed E-state index contributed by atoms with van der Waals surface area (Å²) in [5.41, 5.74) is 1.74. The Morgan fingerprint density at radius 3 is 2.38 bits per heavy atom. The summed E-state index contributed by atoms with van der Waals surface area (Å²) in [5.74, 6) is 1.05. The normalized spacial score (nSPS) is 14.7. The molecule has 5 nitrogen and oxygen atoms in total. The minimum absolute atomic E-state index is 0.198.